The van der Waals surface area contributed by atoms with Crippen molar-refractivity contribution >= 4 is 57.8 Å². The molecular weight excluding hydrogens is 624 g/mol. The highest BCUT2D eigenvalue weighted by atomic mass is 35.5. The van der Waals surface area contributed by atoms with Crippen LogP contribution in [0.5, 0.6) is 5.88 Å². The maximum atomic E-state index is 13.1. The highest BCUT2D eigenvalue weighted by molar-refractivity contribution is 6.39. The molecule has 0 bridgehead atoms. The third-order valence-corrected chi connectivity index (χ3v) is 7.63. The van der Waals surface area contributed by atoms with Crippen LogP contribution < -0.4 is 26.4 Å². The van der Waals surface area contributed by atoms with E-state index >= 15 is 0 Å². The van der Waals surface area contributed by atoms with E-state index in [-0.39, 0.29) is 55.9 Å². The lowest BCUT2D eigenvalue weighted by atomic mass is 9.95. The van der Waals surface area contributed by atoms with Crippen molar-refractivity contribution < 1.29 is 36.3 Å². The molecule has 1 saturated carbocycles. The minimum absolute atomic E-state index is 0.0195. The molecule has 234 valence electrons. The van der Waals surface area contributed by atoms with Gasteiger partial charge < -0.3 is 31.4 Å². The molecule has 17 heteroatoms. The van der Waals surface area contributed by atoms with Gasteiger partial charge in [0, 0.05) is 12.6 Å². The Labute approximate surface area is 252 Å². The van der Waals surface area contributed by atoms with Crippen LogP contribution in [0.1, 0.15) is 54.9 Å². The minimum Gasteiger partial charge on any atom is -0.471 e. The second-order valence-corrected chi connectivity index (χ2v) is 11.0. The predicted molar refractivity (Wildman–Crippen MR) is 150 cm³/mol. The average Bonchev–Trinajstić information content (AvgIpc) is 3.34. The molecule has 0 saturated heterocycles. The maximum Gasteiger partial charge on any atom is 0.415 e. The van der Waals surface area contributed by atoms with E-state index in [0.29, 0.717) is 6.92 Å². The number of aromatic nitrogens is 3. The fraction of sp³-hybridized carbons (Fsp3) is 0.462. The Bertz CT molecular complexity index is 1490. The van der Waals surface area contributed by atoms with E-state index in [9.17, 15) is 31.5 Å². The molecule has 4 rings (SSSR count). The van der Waals surface area contributed by atoms with Crippen molar-refractivity contribution in [2.75, 3.05) is 11.9 Å². The minimum atomic E-state index is -4.98. The molecule has 1 fully saturated rings. The molecule has 0 radical (unpaired) electrons. The van der Waals surface area contributed by atoms with Crippen molar-refractivity contribution in [1.29, 1.82) is 0 Å². The first-order valence-corrected chi connectivity index (χ1v) is 13.9. The van der Waals surface area contributed by atoms with Crippen molar-refractivity contribution in [2.24, 2.45) is 5.73 Å². The summed E-state index contributed by atoms with van der Waals surface area (Å²) in [7, 11) is 0. The molecule has 10 nitrogen and oxygen atoms in total. The first-order chi connectivity index (χ1) is 20.2. The smallest absolute Gasteiger partial charge is 0.415 e. The molecule has 1 atom stereocenters. The van der Waals surface area contributed by atoms with E-state index in [2.05, 4.69) is 30.9 Å². The number of halogens is 7. The number of pyridine rings is 1. The number of amides is 2. The van der Waals surface area contributed by atoms with E-state index in [1.54, 1.807) is 0 Å². The molecule has 1 unspecified atom stereocenters. The molecule has 6 N–H and O–H groups in total. The summed E-state index contributed by atoms with van der Waals surface area (Å²) in [6.07, 6.45) is -3.20. The number of ether oxygens (including phenoxy) is 1. The number of alkyl halides is 5. The standard InChI is InChI=1S/C26H28Cl2F5N7O3/c1-25(34,26(31,32)33)23(42)35-10-12-7-8-15(27)19(18(12)28)38-24-37-16-9-14(21(41)36-13-5-3-2-4-6-13)22(39-20(16)40-24)43-11-17(29)30/h7-9,13,17H,2-6,10-11,34H2,1H3,(H,35,42)(H,36,41)(H2,37,38,39,40). The zero-order valence-corrected chi connectivity index (χ0v) is 24.2. The molecule has 0 aliphatic heterocycles. The van der Waals surface area contributed by atoms with Crippen LogP contribution in [0.2, 0.25) is 10.0 Å². The van der Waals surface area contributed by atoms with E-state index in [0.717, 1.165) is 32.1 Å². The maximum absolute atomic E-state index is 13.1. The number of imidazole rings is 1. The van der Waals surface area contributed by atoms with Gasteiger partial charge in [0.05, 0.1) is 21.2 Å². The number of anilines is 2. The summed E-state index contributed by atoms with van der Waals surface area (Å²) in [6.45, 7) is -0.847. The summed E-state index contributed by atoms with van der Waals surface area (Å²) in [5, 5.41) is 7.92. The van der Waals surface area contributed by atoms with Crippen molar-refractivity contribution in [3.63, 3.8) is 0 Å². The number of rotatable bonds is 10. The summed E-state index contributed by atoms with van der Waals surface area (Å²) in [5.74, 6) is -2.28. The lowest BCUT2D eigenvalue weighted by Gasteiger charge is -2.26. The zero-order valence-electron chi connectivity index (χ0n) is 22.7. The fourth-order valence-corrected chi connectivity index (χ4v) is 4.89. The number of fused-ring (bicyclic) bond motifs is 1. The molecule has 1 aliphatic carbocycles. The van der Waals surface area contributed by atoms with Gasteiger partial charge in [-0.3, -0.25) is 9.59 Å². The van der Waals surface area contributed by atoms with Gasteiger partial charge in [0.15, 0.2) is 17.8 Å². The van der Waals surface area contributed by atoms with Gasteiger partial charge in [-0.2, -0.15) is 23.1 Å². The first kappa shape index (κ1) is 32.5. The normalized spacial score (nSPS) is 15.8. The highest BCUT2D eigenvalue weighted by Crippen LogP contribution is 2.36. The SMILES string of the molecule is CC(N)(C(=O)NCc1ccc(Cl)c(Nc2nc3nc(OCC(F)F)c(C(=O)NC4CCCCC4)cc3[nH]2)c1Cl)C(F)(F)F. The van der Waals surface area contributed by atoms with Gasteiger partial charge >= 0.3 is 6.18 Å². The Hall–Kier alpha value is -3.43. The molecule has 1 aliphatic rings. The fourth-order valence-electron chi connectivity index (χ4n) is 4.36. The van der Waals surface area contributed by atoms with Crippen LogP contribution in [0.4, 0.5) is 33.6 Å². The van der Waals surface area contributed by atoms with Crippen molar-refractivity contribution in [3.05, 3.63) is 39.4 Å². The molecule has 2 amide bonds. The third kappa shape index (κ3) is 7.57. The second-order valence-electron chi connectivity index (χ2n) is 10.2. The number of nitrogens with one attached hydrogen (secondary N) is 4. The average molecular weight is 652 g/mol. The Morgan fingerprint density at radius 3 is 2.51 bits per heavy atom. The quantitative estimate of drug-likeness (QED) is 0.179. The van der Waals surface area contributed by atoms with Crippen LogP contribution in [0.3, 0.4) is 0 Å². The van der Waals surface area contributed by atoms with E-state index in [1.165, 1.54) is 18.2 Å². The molecular formula is C26H28Cl2F5N7O3. The Balaban J connectivity index is 1.58. The highest BCUT2D eigenvalue weighted by Gasteiger charge is 2.53. The monoisotopic (exact) mass is 651 g/mol. The second kappa shape index (κ2) is 13.1. The lowest BCUT2D eigenvalue weighted by molar-refractivity contribution is -0.187. The van der Waals surface area contributed by atoms with Crippen LogP contribution in [0, 0.1) is 0 Å². The summed E-state index contributed by atoms with van der Waals surface area (Å²) in [5.41, 5.74) is 2.54. The number of carbonyl (C=O) groups excluding carboxylic acids is 2. The van der Waals surface area contributed by atoms with Crippen molar-refractivity contribution in [1.82, 2.24) is 25.6 Å². The number of H-pyrrole nitrogens is 1. The number of benzene rings is 1. The van der Waals surface area contributed by atoms with Gasteiger partial charge in [0.25, 0.3) is 12.3 Å². The Kier molecular flexibility index (Phi) is 9.86. The van der Waals surface area contributed by atoms with E-state index < -0.39 is 43.1 Å². The molecule has 0 spiro atoms. The summed E-state index contributed by atoms with van der Waals surface area (Å²) in [4.78, 5) is 36.5. The largest absolute Gasteiger partial charge is 0.471 e. The van der Waals surface area contributed by atoms with Gasteiger partial charge in [-0.05, 0) is 37.5 Å². The van der Waals surface area contributed by atoms with Crippen molar-refractivity contribution in [2.45, 2.75) is 69.8 Å². The predicted octanol–water partition coefficient (Wildman–Crippen LogP) is 5.61. The van der Waals surface area contributed by atoms with Gasteiger partial charge in [-0.15, -0.1) is 0 Å². The summed E-state index contributed by atoms with van der Waals surface area (Å²) < 4.78 is 70.3. The van der Waals surface area contributed by atoms with Crippen molar-refractivity contribution in [3.8, 4) is 5.88 Å². The number of aromatic amines is 1. The summed E-state index contributed by atoms with van der Waals surface area (Å²) >= 11 is 12.7. The lowest BCUT2D eigenvalue weighted by Crippen LogP contribution is -2.61. The van der Waals surface area contributed by atoms with Gasteiger partial charge in [-0.1, -0.05) is 48.5 Å². The van der Waals surface area contributed by atoms with Gasteiger partial charge in [-0.25, -0.2) is 8.78 Å². The Morgan fingerprint density at radius 2 is 1.86 bits per heavy atom. The van der Waals surface area contributed by atoms with E-state index in [1.807, 2.05) is 0 Å². The number of hydrogen-bond donors (Lipinski definition) is 5. The zero-order chi connectivity index (χ0) is 31.5. The molecule has 2 aromatic heterocycles. The Morgan fingerprint density at radius 1 is 1.16 bits per heavy atom. The van der Waals surface area contributed by atoms with Crippen LogP contribution >= 0.6 is 23.2 Å². The summed E-state index contributed by atoms with van der Waals surface area (Å²) in [6, 6.07) is 4.11. The molecule has 43 heavy (non-hydrogen) atoms. The van der Waals surface area contributed by atoms with Crippen LogP contribution in [-0.2, 0) is 11.3 Å². The number of carbonyl (C=O) groups is 2. The number of nitrogens with zero attached hydrogens (tertiary/aromatic N) is 2. The van der Waals surface area contributed by atoms with Crippen LogP contribution in [0.25, 0.3) is 11.2 Å². The number of hydrogen-bond acceptors (Lipinski definition) is 7. The first-order valence-electron chi connectivity index (χ1n) is 13.2. The van der Waals surface area contributed by atoms with E-state index in [4.69, 9.17) is 33.7 Å². The third-order valence-electron chi connectivity index (χ3n) is 6.88. The molecule has 1 aromatic carbocycles. The molecule has 2 heterocycles. The van der Waals surface area contributed by atoms with Gasteiger partial charge in [0.1, 0.15) is 5.56 Å². The number of nitrogens with two attached hydrogens (primary N) is 1. The molecule has 3 aromatic rings. The topological polar surface area (TPSA) is 147 Å². The van der Waals surface area contributed by atoms with Crippen LogP contribution in [0.15, 0.2) is 18.2 Å². The van der Waals surface area contributed by atoms with Crippen LogP contribution in [-0.4, -0.2) is 57.6 Å². The van der Waals surface area contributed by atoms with Gasteiger partial charge in [0.2, 0.25) is 17.7 Å².